The standard InChI is InChI=1S/C26H27N3O5S/c1-16-19(7-10-34-16)24(32)29-25-28-20-13-17(14-21(30)22(20)35-25)23(31)27-15-26(8-11-33-12-9-26)18-5-3-2-4-6-18/h2-7,10,17H,8-9,11-15H2,1H3,(H,27,31)(H,28,29,32). The minimum Gasteiger partial charge on any atom is -0.469 e. The molecule has 182 valence electrons. The number of hydrogen-bond donors (Lipinski definition) is 2. The average Bonchev–Trinajstić information content (AvgIpc) is 3.49. The molecule has 1 aliphatic carbocycles. The Kier molecular flexibility index (Phi) is 6.53. The van der Waals surface area contributed by atoms with Crippen LogP contribution >= 0.6 is 11.3 Å². The third-order valence-corrected chi connectivity index (χ3v) is 8.01. The molecule has 2 amide bonds. The minimum atomic E-state index is -0.482. The molecule has 2 aliphatic rings. The summed E-state index contributed by atoms with van der Waals surface area (Å²) in [6.07, 6.45) is 3.61. The number of amides is 2. The second kappa shape index (κ2) is 9.75. The van der Waals surface area contributed by atoms with Crippen LogP contribution in [0.1, 0.15) is 56.3 Å². The SMILES string of the molecule is Cc1occc1C(=O)Nc1nc2c(s1)C(=O)CC(C(=O)NCC1(c3ccccc3)CCOCC1)C2. The Balaban J connectivity index is 1.26. The first-order valence-corrected chi connectivity index (χ1v) is 12.6. The Labute approximate surface area is 207 Å². The fraction of sp³-hybridized carbons (Fsp3) is 0.385. The Bertz CT molecular complexity index is 1240. The van der Waals surface area contributed by atoms with E-state index in [1.165, 1.54) is 11.8 Å². The van der Waals surface area contributed by atoms with Crippen molar-refractivity contribution in [2.75, 3.05) is 25.1 Å². The predicted octanol–water partition coefficient (Wildman–Crippen LogP) is 3.91. The van der Waals surface area contributed by atoms with E-state index in [4.69, 9.17) is 9.15 Å². The maximum Gasteiger partial charge on any atom is 0.260 e. The molecule has 3 heterocycles. The van der Waals surface area contributed by atoms with Crippen molar-refractivity contribution in [2.45, 2.75) is 38.0 Å². The Morgan fingerprint density at radius 3 is 2.63 bits per heavy atom. The van der Waals surface area contributed by atoms with E-state index in [1.54, 1.807) is 13.0 Å². The van der Waals surface area contributed by atoms with Gasteiger partial charge in [-0.3, -0.25) is 19.7 Å². The highest BCUT2D eigenvalue weighted by molar-refractivity contribution is 7.17. The van der Waals surface area contributed by atoms with Gasteiger partial charge in [0.15, 0.2) is 10.9 Å². The number of carbonyl (C=O) groups excluding carboxylic acids is 3. The van der Waals surface area contributed by atoms with Gasteiger partial charge >= 0.3 is 0 Å². The number of benzene rings is 1. The van der Waals surface area contributed by atoms with Crippen LogP contribution in [-0.4, -0.2) is 42.3 Å². The first-order chi connectivity index (χ1) is 16.9. The highest BCUT2D eigenvalue weighted by atomic mass is 32.1. The molecule has 9 heteroatoms. The van der Waals surface area contributed by atoms with Gasteiger partial charge in [0.1, 0.15) is 5.76 Å². The molecular formula is C26H27N3O5S. The third kappa shape index (κ3) is 4.78. The molecule has 0 bridgehead atoms. The van der Waals surface area contributed by atoms with E-state index in [2.05, 4.69) is 27.8 Å². The summed E-state index contributed by atoms with van der Waals surface area (Å²) in [7, 11) is 0. The van der Waals surface area contributed by atoms with E-state index in [1.807, 2.05) is 18.2 Å². The van der Waals surface area contributed by atoms with E-state index in [9.17, 15) is 14.4 Å². The van der Waals surface area contributed by atoms with Gasteiger partial charge in [0.25, 0.3) is 5.91 Å². The van der Waals surface area contributed by atoms with Crippen molar-refractivity contribution in [3.05, 3.63) is 70.1 Å². The van der Waals surface area contributed by atoms with E-state index in [-0.39, 0.29) is 29.4 Å². The summed E-state index contributed by atoms with van der Waals surface area (Å²) in [6.45, 7) is 3.51. The van der Waals surface area contributed by atoms with Crippen molar-refractivity contribution >= 4 is 34.1 Å². The number of aryl methyl sites for hydroxylation is 1. The molecule has 3 aromatic rings. The summed E-state index contributed by atoms with van der Waals surface area (Å²) < 4.78 is 10.8. The van der Waals surface area contributed by atoms with Crippen LogP contribution < -0.4 is 10.6 Å². The second-order valence-electron chi connectivity index (χ2n) is 9.14. The summed E-state index contributed by atoms with van der Waals surface area (Å²) in [5.74, 6) is -0.572. The van der Waals surface area contributed by atoms with Crippen LogP contribution in [0.5, 0.6) is 0 Å². The van der Waals surface area contributed by atoms with Crippen LogP contribution in [0, 0.1) is 12.8 Å². The smallest absolute Gasteiger partial charge is 0.260 e. The first-order valence-electron chi connectivity index (χ1n) is 11.7. The van der Waals surface area contributed by atoms with Gasteiger partial charge in [-0.25, -0.2) is 4.98 Å². The largest absolute Gasteiger partial charge is 0.469 e. The van der Waals surface area contributed by atoms with E-state index in [0.717, 1.165) is 24.2 Å². The van der Waals surface area contributed by atoms with E-state index < -0.39 is 5.92 Å². The number of anilines is 1. The Hall–Kier alpha value is -3.30. The van der Waals surface area contributed by atoms with Crippen LogP contribution in [0.25, 0.3) is 0 Å². The van der Waals surface area contributed by atoms with Crippen molar-refractivity contribution in [1.29, 1.82) is 0 Å². The number of rotatable bonds is 6. The fourth-order valence-electron chi connectivity index (χ4n) is 4.88. The van der Waals surface area contributed by atoms with Gasteiger partial charge in [0.05, 0.1) is 28.3 Å². The molecule has 8 nitrogen and oxygen atoms in total. The molecule has 5 rings (SSSR count). The number of ketones is 1. The number of furan rings is 1. The molecule has 1 fully saturated rings. The van der Waals surface area contributed by atoms with Gasteiger partial charge in [-0.2, -0.15) is 0 Å². The fourth-order valence-corrected chi connectivity index (χ4v) is 5.81. The molecule has 1 atom stereocenters. The molecule has 0 spiro atoms. The monoisotopic (exact) mass is 493 g/mol. The lowest BCUT2D eigenvalue weighted by molar-refractivity contribution is -0.125. The summed E-state index contributed by atoms with van der Waals surface area (Å²) in [4.78, 5) is 43.4. The van der Waals surface area contributed by atoms with Crippen molar-refractivity contribution in [1.82, 2.24) is 10.3 Å². The van der Waals surface area contributed by atoms with E-state index >= 15 is 0 Å². The number of aromatic nitrogens is 1. The van der Waals surface area contributed by atoms with Gasteiger partial charge in [-0.1, -0.05) is 41.7 Å². The zero-order valence-corrected chi connectivity index (χ0v) is 20.3. The predicted molar refractivity (Wildman–Crippen MR) is 131 cm³/mol. The molecule has 0 radical (unpaired) electrons. The number of fused-ring (bicyclic) bond motifs is 1. The maximum atomic E-state index is 13.1. The van der Waals surface area contributed by atoms with Crippen molar-refractivity contribution in [3.8, 4) is 0 Å². The molecule has 35 heavy (non-hydrogen) atoms. The number of thiazole rings is 1. The van der Waals surface area contributed by atoms with Gasteiger partial charge in [0, 0.05) is 38.0 Å². The van der Waals surface area contributed by atoms with Crippen LogP contribution in [0.3, 0.4) is 0 Å². The first kappa shape index (κ1) is 23.4. The van der Waals surface area contributed by atoms with Crippen LogP contribution in [0.2, 0.25) is 0 Å². The van der Waals surface area contributed by atoms with Gasteiger partial charge in [-0.15, -0.1) is 0 Å². The highest BCUT2D eigenvalue weighted by Crippen LogP contribution is 2.35. The van der Waals surface area contributed by atoms with Crippen LogP contribution in [-0.2, 0) is 21.4 Å². The molecule has 0 saturated carbocycles. The van der Waals surface area contributed by atoms with Gasteiger partial charge in [-0.05, 0) is 31.4 Å². The molecule has 1 saturated heterocycles. The Morgan fingerprint density at radius 2 is 1.91 bits per heavy atom. The molecule has 1 aliphatic heterocycles. The number of ether oxygens (including phenoxy) is 1. The van der Waals surface area contributed by atoms with Crippen molar-refractivity contribution in [3.63, 3.8) is 0 Å². The molecule has 2 N–H and O–H groups in total. The summed E-state index contributed by atoms with van der Waals surface area (Å²) >= 11 is 1.15. The zero-order chi connectivity index (χ0) is 24.4. The number of nitrogens with one attached hydrogen (secondary N) is 2. The number of Topliss-reactive ketones (excluding diaryl/α,β-unsaturated/α-hetero) is 1. The molecule has 1 unspecified atom stereocenters. The van der Waals surface area contributed by atoms with Crippen molar-refractivity contribution < 1.29 is 23.5 Å². The van der Waals surface area contributed by atoms with Crippen LogP contribution in [0.4, 0.5) is 5.13 Å². The second-order valence-corrected chi connectivity index (χ2v) is 10.1. The highest BCUT2D eigenvalue weighted by Gasteiger charge is 2.37. The third-order valence-electron chi connectivity index (χ3n) is 6.95. The van der Waals surface area contributed by atoms with Gasteiger partial charge < -0.3 is 14.5 Å². The van der Waals surface area contributed by atoms with E-state index in [0.29, 0.717) is 53.2 Å². The van der Waals surface area contributed by atoms with Crippen molar-refractivity contribution in [2.24, 2.45) is 5.92 Å². The maximum absolute atomic E-state index is 13.1. The number of carbonyl (C=O) groups is 3. The quantitative estimate of drug-likeness (QED) is 0.539. The normalized spacial score (nSPS) is 19.1. The van der Waals surface area contributed by atoms with Crippen LogP contribution in [0.15, 0.2) is 47.1 Å². The summed E-state index contributed by atoms with van der Waals surface area (Å²) in [5.41, 5.74) is 2.00. The minimum absolute atomic E-state index is 0.118. The summed E-state index contributed by atoms with van der Waals surface area (Å²) in [6, 6.07) is 11.8. The Morgan fingerprint density at radius 1 is 1.14 bits per heavy atom. The lowest BCUT2D eigenvalue weighted by Crippen LogP contribution is -2.46. The zero-order valence-electron chi connectivity index (χ0n) is 19.5. The topological polar surface area (TPSA) is 111 Å². The average molecular weight is 494 g/mol. The lowest BCUT2D eigenvalue weighted by Gasteiger charge is -2.38. The lowest BCUT2D eigenvalue weighted by atomic mass is 9.74. The molecular weight excluding hydrogens is 466 g/mol. The number of nitrogens with zero attached hydrogens (tertiary/aromatic N) is 1. The molecule has 2 aromatic heterocycles. The number of hydrogen-bond acceptors (Lipinski definition) is 7. The molecule has 1 aromatic carbocycles. The van der Waals surface area contributed by atoms with Gasteiger partial charge in [0.2, 0.25) is 5.91 Å². The summed E-state index contributed by atoms with van der Waals surface area (Å²) in [5, 5.41) is 6.21.